The van der Waals surface area contributed by atoms with Crippen molar-refractivity contribution in [3.63, 3.8) is 0 Å². The van der Waals surface area contributed by atoms with Crippen LogP contribution in [0.2, 0.25) is 0 Å². The Morgan fingerprint density at radius 1 is 0.746 bits per heavy atom. The highest BCUT2D eigenvalue weighted by atomic mass is 16.3. The summed E-state index contributed by atoms with van der Waals surface area (Å²) in [6.45, 7) is 3.95. The molecule has 17 heteroatoms. The Morgan fingerprint density at radius 3 is 2.22 bits per heavy atom. The molecule has 0 bridgehead atoms. The summed E-state index contributed by atoms with van der Waals surface area (Å²) in [5, 5.41) is 24.5. The minimum absolute atomic E-state index is 0.0626. The van der Waals surface area contributed by atoms with Gasteiger partial charge in [-0.25, -0.2) is 0 Å². The lowest BCUT2D eigenvalue weighted by Crippen LogP contribution is -2.61. The standard InChI is InChI=1S/C46H50N10O7/c47-42-37(26-35(50-51-42)33-8-4-5-9-39(33)57)54-22-23-55(30-6-2-1-3-7-30)38(27-54)44(61)48-29-16-20-53(21-17-29)41(59)24-28-14-18-52(19-15-28)31-10-11-32-34(25-31)46(63)56(45(32)62)36-12-13-40(58)49-43(36)60/h1-11,25-26,28-29,36,38,57H,12-24,27H2,(H2,47,51)(H,48,61)(H,49,58,60). The molecule has 63 heavy (non-hydrogen) atoms. The Morgan fingerprint density at radius 2 is 1.48 bits per heavy atom. The van der Waals surface area contributed by atoms with Gasteiger partial charge in [-0.3, -0.25) is 39.0 Å². The maximum Gasteiger partial charge on any atom is 0.262 e. The highest BCUT2D eigenvalue weighted by molar-refractivity contribution is 6.23. The lowest BCUT2D eigenvalue weighted by molar-refractivity contribution is -0.136. The average Bonchev–Trinajstić information content (AvgIpc) is 3.55. The largest absolute Gasteiger partial charge is 0.507 e. The zero-order chi connectivity index (χ0) is 43.8. The first-order valence-corrected chi connectivity index (χ1v) is 21.7. The van der Waals surface area contributed by atoms with Gasteiger partial charge in [-0.2, -0.15) is 0 Å². The number of nitrogen functional groups attached to an aromatic ring is 1. The molecule has 4 fully saturated rings. The Kier molecular flexibility index (Phi) is 11.4. The van der Waals surface area contributed by atoms with Gasteiger partial charge in [-0.15, -0.1) is 10.2 Å². The molecule has 0 aliphatic carbocycles. The molecule has 2 atom stereocenters. The molecular formula is C46H50N10O7. The van der Waals surface area contributed by atoms with E-state index in [1.165, 1.54) is 0 Å². The SMILES string of the molecule is Nc1nnc(-c2ccccc2O)cc1N1CCN(c2ccccc2)C(C(=O)NC2CCN(C(=O)CC3CCN(c4ccc5c(c4)C(=O)N(C4CCC(=O)NC4=O)C5=O)CC3)CC2)C1. The van der Waals surface area contributed by atoms with Crippen molar-refractivity contribution in [1.82, 2.24) is 30.6 Å². The van der Waals surface area contributed by atoms with E-state index in [4.69, 9.17) is 5.73 Å². The minimum Gasteiger partial charge on any atom is -0.507 e. The summed E-state index contributed by atoms with van der Waals surface area (Å²) < 4.78 is 0. The van der Waals surface area contributed by atoms with Gasteiger partial charge >= 0.3 is 0 Å². The first-order valence-electron chi connectivity index (χ1n) is 21.7. The molecule has 5 aliphatic heterocycles. The fourth-order valence-electron chi connectivity index (χ4n) is 9.62. The number of anilines is 4. The third kappa shape index (κ3) is 8.34. The Balaban J connectivity index is 0.778. The second-order valence-corrected chi connectivity index (χ2v) is 17.0. The van der Waals surface area contributed by atoms with Crippen LogP contribution in [0, 0.1) is 5.92 Å². The first kappa shape index (κ1) is 41.3. The number of carbonyl (C=O) groups is 6. The molecule has 326 valence electrons. The predicted molar refractivity (Wildman–Crippen MR) is 234 cm³/mol. The fourth-order valence-corrected chi connectivity index (χ4v) is 9.62. The number of benzene rings is 3. The molecule has 0 spiro atoms. The van der Waals surface area contributed by atoms with E-state index in [-0.39, 0.29) is 59.3 Å². The smallest absolute Gasteiger partial charge is 0.262 e. The van der Waals surface area contributed by atoms with Crippen LogP contribution >= 0.6 is 0 Å². The van der Waals surface area contributed by atoms with Crippen LogP contribution in [0.3, 0.4) is 0 Å². The van der Waals surface area contributed by atoms with Crippen molar-refractivity contribution in [1.29, 1.82) is 0 Å². The average molecular weight is 855 g/mol. The monoisotopic (exact) mass is 854 g/mol. The molecule has 6 heterocycles. The fraction of sp³-hybridized carbons (Fsp3) is 0.391. The van der Waals surface area contributed by atoms with Crippen LogP contribution in [-0.4, -0.2) is 124 Å². The van der Waals surface area contributed by atoms with Crippen LogP contribution in [0.25, 0.3) is 11.3 Å². The van der Waals surface area contributed by atoms with E-state index in [2.05, 4.69) is 35.5 Å². The van der Waals surface area contributed by atoms with Crippen molar-refractivity contribution in [2.45, 2.75) is 63.1 Å². The second kappa shape index (κ2) is 17.4. The number of nitrogens with zero attached hydrogens (tertiary/aromatic N) is 7. The summed E-state index contributed by atoms with van der Waals surface area (Å²) in [4.78, 5) is 87.7. The van der Waals surface area contributed by atoms with Gasteiger partial charge in [-0.05, 0) is 86.6 Å². The highest BCUT2D eigenvalue weighted by Crippen LogP contribution is 2.35. The van der Waals surface area contributed by atoms with Crippen molar-refractivity contribution >= 4 is 58.3 Å². The van der Waals surface area contributed by atoms with Crippen molar-refractivity contribution in [2.75, 3.05) is 66.2 Å². The molecule has 2 unspecified atom stereocenters. The van der Waals surface area contributed by atoms with Crippen molar-refractivity contribution in [2.24, 2.45) is 5.92 Å². The van der Waals surface area contributed by atoms with Crippen molar-refractivity contribution in [3.05, 3.63) is 90.0 Å². The number of imide groups is 2. The lowest BCUT2D eigenvalue weighted by Gasteiger charge is -2.43. The Hall–Kier alpha value is -7.04. The molecule has 6 amide bonds. The summed E-state index contributed by atoms with van der Waals surface area (Å²) in [7, 11) is 0. The maximum atomic E-state index is 14.2. The molecule has 1 aromatic heterocycles. The maximum absolute atomic E-state index is 14.2. The molecule has 3 aromatic carbocycles. The van der Waals surface area contributed by atoms with Gasteiger partial charge < -0.3 is 35.8 Å². The number of likely N-dealkylation sites (tertiary alicyclic amines) is 1. The van der Waals surface area contributed by atoms with E-state index in [0.29, 0.717) is 82.0 Å². The minimum atomic E-state index is -1.01. The number of fused-ring (bicyclic) bond motifs is 1. The van der Waals surface area contributed by atoms with Crippen LogP contribution in [-0.2, 0) is 19.2 Å². The third-order valence-corrected chi connectivity index (χ3v) is 13.2. The summed E-state index contributed by atoms with van der Waals surface area (Å²) in [5.41, 5.74) is 10.3. The number of para-hydroxylation sites is 2. The molecule has 5 aliphatic rings. The number of piperazine rings is 1. The number of aromatic hydroxyl groups is 1. The van der Waals surface area contributed by atoms with Crippen LogP contribution in [0.15, 0.2) is 78.9 Å². The van der Waals surface area contributed by atoms with E-state index >= 15 is 0 Å². The summed E-state index contributed by atoms with van der Waals surface area (Å²) in [5.74, 6) is -1.59. The van der Waals surface area contributed by atoms with Gasteiger partial charge in [0.05, 0.1) is 22.5 Å². The molecule has 17 nitrogen and oxygen atoms in total. The number of phenols is 1. The molecule has 5 N–H and O–H groups in total. The van der Waals surface area contributed by atoms with Gasteiger partial charge in [0.1, 0.15) is 17.8 Å². The first-order chi connectivity index (χ1) is 30.5. The van der Waals surface area contributed by atoms with Crippen LogP contribution in [0.4, 0.5) is 22.9 Å². The second-order valence-electron chi connectivity index (χ2n) is 17.0. The predicted octanol–water partition coefficient (Wildman–Crippen LogP) is 2.94. The lowest BCUT2D eigenvalue weighted by atomic mass is 9.92. The van der Waals surface area contributed by atoms with E-state index in [1.807, 2.05) is 53.4 Å². The third-order valence-electron chi connectivity index (χ3n) is 13.2. The number of aromatic nitrogens is 2. The summed E-state index contributed by atoms with van der Waals surface area (Å²) >= 11 is 0. The topological polar surface area (TPSA) is 215 Å². The number of hydrogen-bond donors (Lipinski definition) is 4. The molecule has 0 radical (unpaired) electrons. The molecule has 4 aromatic rings. The Labute approximate surface area is 364 Å². The van der Waals surface area contributed by atoms with Gasteiger partial charge in [0.2, 0.25) is 23.6 Å². The molecule has 9 rings (SSSR count). The van der Waals surface area contributed by atoms with E-state index in [1.54, 1.807) is 30.3 Å². The normalized spacial score (nSPS) is 21.1. The number of nitrogens with two attached hydrogens (primary N) is 1. The molecule has 4 saturated heterocycles. The van der Waals surface area contributed by atoms with Gasteiger partial charge in [0, 0.05) is 81.6 Å². The number of carbonyl (C=O) groups excluding carboxylic acids is 6. The zero-order valence-corrected chi connectivity index (χ0v) is 34.8. The van der Waals surface area contributed by atoms with Crippen LogP contribution < -0.4 is 31.1 Å². The molecular weight excluding hydrogens is 805 g/mol. The van der Waals surface area contributed by atoms with E-state index in [0.717, 1.165) is 29.1 Å². The van der Waals surface area contributed by atoms with Gasteiger partial charge in [0.15, 0.2) is 5.82 Å². The van der Waals surface area contributed by atoms with E-state index < -0.39 is 35.7 Å². The van der Waals surface area contributed by atoms with Gasteiger partial charge in [0.25, 0.3) is 11.8 Å². The number of piperidine rings is 3. The summed E-state index contributed by atoms with van der Waals surface area (Å²) in [6.07, 6.45) is 3.47. The Bertz CT molecular complexity index is 2450. The number of nitrogens with one attached hydrogen (secondary N) is 2. The zero-order valence-electron chi connectivity index (χ0n) is 34.8. The number of hydrogen-bond acceptors (Lipinski definition) is 13. The van der Waals surface area contributed by atoms with E-state index in [9.17, 15) is 33.9 Å². The quantitative estimate of drug-likeness (QED) is 0.179. The van der Waals surface area contributed by atoms with Crippen LogP contribution in [0.5, 0.6) is 5.75 Å². The van der Waals surface area contributed by atoms with Crippen LogP contribution in [0.1, 0.15) is 65.7 Å². The summed E-state index contributed by atoms with van der Waals surface area (Å²) in [6, 6.07) is 22.1. The van der Waals surface area contributed by atoms with Gasteiger partial charge in [-0.1, -0.05) is 30.3 Å². The van der Waals surface area contributed by atoms with Crippen molar-refractivity contribution < 1.29 is 33.9 Å². The van der Waals surface area contributed by atoms with Crippen molar-refractivity contribution in [3.8, 4) is 17.0 Å². The number of rotatable bonds is 9. The molecule has 0 saturated carbocycles. The highest BCUT2D eigenvalue weighted by Gasteiger charge is 2.45. The number of amides is 6. The number of phenolic OH excluding ortho intramolecular Hbond substituents is 1.